The Hall–Kier alpha value is -1.94. The molecule has 2 nitrogen and oxygen atoms in total. The fraction of sp³-hybridized carbons (Fsp3) is 0.294. The summed E-state index contributed by atoms with van der Waals surface area (Å²) in [7, 11) is 0. The SMILES string of the molecule is Cc1cc(Oc2ccc(CNC3CC3)cc2F)ccc1F. The molecular weight excluding hydrogens is 272 g/mol. The first-order valence-corrected chi connectivity index (χ1v) is 7.07. The lowest BCUT2D eigenvalue weighted by Gasteiger charge is -2.09. The van der Waals surface area contributed by atoms with Gasteiger partial charge in [-0.15, -0.1) is 0 Å². The molecule has 1 aliphatic carbocycles. The van der Waals surface area contributed by atoms with Crippen LogP contribution in [-0.4, -0.2) is 6.04 Å². The van der Waals surface area contributed by atoms with Crippen molar-refractivity contribution in [3.63, 3.8) is 0 Å². The van der Waals surface area contributed by atoms with Crippen molar-refractivity contribution in [1.29, 1.82) is 0 Å². The molecule has 0 amide bonds. The van der Waals surface area contributed by atoms with E-state index in [1.54, 1.807) is 19.1 Å². The molecule has 110 valence electrons. The normalized spacial score (nSPS) is 14.2. The largest absolute Gasteiger partial charge is 0.454 e. The average Bonchev–Trinajstić information content (AvgIpc) is 3.27. The molecular formula is C17H17F2NO. The van der Waals surface area contributed by atoms with E-state index in [1.807, 2.05) is 6.07 Å². The maximum Gasteiger partial charge on any atom is 0.166 e. The number of hydrogen-bond acceptors (Lipinski definition) is 2. The smallest absolute Gasteiger partial charge is 0.166 e. The van der Waals surface area contributed by atoms with Gasteiger partial charge in [0.1, 0.15) is 11.6 Å². The molecule has 0 atom stereocenters. The van der Waals surface area contributed by atoms with Gasteiger partial charge in [0.15, 0.2) is 11.6 Å². The first-order valence-electron chi connectivity index (χ1n) is 7.07. The molecule has 0 aliphatic heterocycles. The molecule has 0 bridgehead atoms. The maximum absolute atomic E-state index is 14.0. The molecule has 2 aromatic carbocycles. The van der Waals surface area contributed by atoms with E-state index in [2.05, 4.69) is 5.32 Å². The summed E-state index contributed by atoms with van der Waals surface area (Å²) in [5, 5.41) is 3.33. The molecule has 3 rings (SSSR count). The van der Waals surface area contributed by atoms with Crippen molar-refractivity contribution >= 4 is 0 Å². The Bertz CT molecular complexity index is 653. The minimum Gasteiger partial charge on any atom is -0.454 e. The van der Waals surface area contributed by atoms with Crippen molar-refractivity contribution in [2.45, 2.75) is 32.4 Å². The highest BCUT2D eigenvalue weighted by Gasteiger charge is 2.20. The van der Waals surface area contributed by atoms with Gasteiger partial charge in [-0.1, -0.05) is 6.07 Å². The Kier molecular flexibility index (Phi) is 3.88. The van der Waals surface area contributed by atoms with Crippen molar-refractivity contribution < 1.29 is 13.5 Å². The van der Waals surface area contributed by atoms with Crippen LogP contribution >= 0.6 is 0 Å². The molecule has 0 spiro atoms. The van der Waals surface area contributed by atoms with Crippen LogP contribution in [0.1, 0.15) is 24.0 Å². The lowest BCUT2D eigenvalue weighted by Crippen LogP contribution is -2.15. The second kappa shape index (κ2) is 5.82. The van der Waals surface area contributed by atoms with Crippen LogP contribution in [0.15, 0.2) is 36.4 Å². The Balaban J connectivity index is 1.70. The second-order valence-corrected chi connectivity index (χ2v) is 5.43. The third-order valence-corrected chi connectivity index (χ3v) is 3.53. The maximum atomic E-state index is 14.0. The van der Waals surface area contributed by atoms with E-state index >= 15 is 0 Å². The van der Waals surface area contributed by atoms with Crippen LogP contribution in [0.4, 0.5) is 8.78 Å². The highest BCUT2D eigenvalue weighted by molar-refractivity contribution is 5.36. The fourth-order valence-electron chi connectivity index (χ4n) is 2.09. The predicted octanol–water partition coefficient (Wildman–Crippen LogP) is 4.32. The van der Waals surface area contributed by atoms with Gasteiger partial charge >= 0.3 is 0 Å². The molecule has 2 aromatic rings. The summed E-state index contributed by atoms with van der Waals surface area (Å²) in [6, 6.07) is 9.87. The molecule has 4 heteroatoms. The van der Waals surface area contributed by atoms with Crippen LogP contribution in [0.2, 0.25) is 0 Å². The number of rotatable bonds is 5. The van der Waals surface area contributed by atoms with Crippen LogP contribution in [0.3, 0.4) is 0 Å². The summed E-state index contributed by atoms with van der Waals surface area (Å²) < 4.78 is 32.7. The van der Waals surface area contributed by atoms with Crippen molar-refractivity contribution in [1.82, 2.24) is 5.32 Å². The Morgan fingerprint density at radius 1 is 1.10 bits per heavy atom. The van der Waals surface area contributed by atoms with Gasteiger partial charge in [0, 0.05) is 12.6 Å². The van der Waals surface area contributed by atoms with Crippen molar-refractivity contribution in [3.05, 3.63) is 59.2 Å². The summed E-state index contributed by atoms with van der Waals surface area (Å²) in [6.07, 6.45) is 2.40. The zero-order valence-electron chi connectivity index (χ0n) is 11.8. The van der Waals surface area contributed by atoms with E-state index in [-0.39, 0.29) is 11.6 Å². The first kappa shape index (κ1) is 14.0. The van der Waals surface area contributed by atoms with Gasteiger partial charge in [-0.3, -0.25) is 0 Å². The van der Waals surface area contributed by atoms with Gasteiger partial charge in [-0.25, -0.2) is 8.78 Å². The third kappa shape index (κ3) is 3.58. The highest BCUT2D eigenvalue weighted by Crippen LogP contribution is 2.27. The summed E-state index contributed by atoms with van der Waals surface area (Å²) in [5.41, 5.74) is 1.36. The van der Waals surface area contributed by atoms with Crippen LogP contribution < -0.4 is 10.1 Å². The molecule has 21 heavy (non-hydrogen) atoms. The Morgan fingerprint density at radius 2 is 1.90 bits per heavy atom. The van der Waals surface area contributed by atoms with Crippen molar-refractivity contribution in [3.8, 4) is 11.5 Å². The highest BCUT2D eigenvalue weighted by atomic mass is 19.1. The Morgan fingerprint density at radius 3 is 2.57 bits per heavy atom. The van der Waals surface area contributed by atoms with E-state index in [9.17, 15) is 8.78 Å². The lowest BCUT2D eigenvalue weighted by molar-refractivity contribution is 0.439. The molecule has 0 saturated heterocycles. The van der Waals surface area contributed by atoms with Crippen molar-refractivity contribution in [2.24, 2.45) is 0 Å². The van der Waals surface area contributed by atoms with Gasteiger partial charge in [0.05, 0.1) is 0 Å². The fourth-order valence-corrected chi connectivity index (χ4v) is 2.09. The van der Waals surface area contributed by atoms with Crippen LogP contribution in [0.25, 0.3) is 0 Å². The zero-order chi connectivity index (χ0) is 14.8. The predicted molar refractivity (Wildman–Crippen MR) is 77.5 cm³/mol. The minimum atomic E-state index is -0.410. The van der Waals surface area contributed by atoms with E-state index < -0.39 is 5.82 Å². The van der Waals surface area contributed by atoms with Crippen LogP contribution in [0, 0.1) is 18.6 Å². The van der Waals surface area contributed by atoms with Gasteiger partial charge < -0.3 is 10.1 Å². The Labute approximate surface area is 122 Å². The quantitative estimate of drug-likeness (QED) is 0.885. The molecule has 1 saturated carbocycles. The molecule has 1 aliphatic rings. The molecule has 0 unspecified atom stereocenters. The van der Waals surface area contributed by atoms with Crippen molar-refractivity contribution in [2.75, 3.05) is 0 Å². The molecule has 0 heterocycles. The molecule has 0 aromatic heterocycles. The summed E-state index contributed by atoms with van der Waals surface area (Å²) >= 11 is 0. The summed E-state index contributed by atoms with van der Waals surface area (Å²) in [5.74, 6) is -0.135. The molecule has 0 radical (unpaired) electrons. The lowest BCUT2D eigenvalue weighted by atomic mass is 10.2. The van der Waals surface area contributed by atoms with E-state index in [4.69, 9.17) is 4.74 Å². The minimum absolute atomic E-state index is 0.149. The number of nitrogens with one attached hydrogen (secondary N) is 1. The molecule has 1 fully saturated rings. The zero-order valence-corrected chi connectivity index (χ0v) is 11.8. The van der Waals surface area contributed by atoms with Crippen LogP contribution in [-0.2, 0) is 6.54 Å². The van der Waals surface area contributed by atoms with Gasteiger partial charge in [-0.05, 0) is 61.2 Å². The second-order valence-electron chi connectivity index (χ2n) is 5.43. The van der Waals surface area contributed by atoms with Gasteiger partial charge in [-0.2, -0.15) is 0 Å². The van der Waals surface area contributed by atoms with E-state index in [1.165, 1.54) is 31.0 Å². The average molecular weight is 289 g/mol. The number of aryl methyl sites for hydroxylation is 1. The van der Waals surface area contributed by atoms with E-state index in [0.717, 1.165) is 5.56 Å². The number of halogens is 2. The number of hydrogen-bond donors (Lipinski definition) is 1. The monoisotopic (exact) mass is 289 g/mol. The molecule has 1 N–H and O–H groups in total. The third-order valence-electron chi connectivity index (χ3n) is 3.53. The summed E-state index contributed by atoms with van der Waals surface area (Å²) in [6.45, 7) is 2.31. The van der Waals surface area contributed by atoms with E-state index in [0.29, 0.717) is 23.9 Å². The van der Waals surface area contributed by atoms with Gasteiger partial charge in [0.2, 0.25) is 0 Å². The number of ether oxygens (including phenoxy) is 1. The van der Waals surface area contributed by atoms with Crippen LogP contribution in [0.5, 0.6) is 11.5 Å². The standard InChI is InChI=1S/C17H17F2NO/c1-11-8-14(5-6-15(11)18)21-17-7-2-12(9-16(17)19)10-20-13-3-4-13/h2,5-9,13,20H,3-4,10H2,1H3. The summed E-state index contributed by atoms with van der Waals surface area (Å²) in [4.78, 5) is 0. The number of benzene rings is 2. The first-order chi connectivity index (χ1) is 10.1. The topological polar surface area (TPSA) is 21.3 Å². The van der Waals surface area contributed by atoms with Gasteiger partial charge in [0.25, 0.3) is 0 Å².